The molecule has 0 radical (unpaired) electrons. The topological polar surface area (TPSA) is 67.6 Å². The molecule has 1 N–H and O–H groups in total. The van der Waals surface area contributed by atoms with Gasteiger partial charge in [0.05, 0.1) is 7.11 Å². The van der Waals surface area contributed by atoms with E-state index in [1.807, 2.05) is 24.3 Å². The van der Waals surface area contributed by atoms with Gasteiger partial charge in [0.25, 0.3) is 6.01 Å². The molecule has 0 spiro atoms. The largest absolute Gasteiger partial charge is 0.453 e. The Kier molecular flexibility index (Phi) is 3.45. The van der Waals surface area contributed by atoms with Crippen LogP contribution < -0.4 is 5.32 Å². The highest BCUT2D eigenvalue weighted by atomic mass is 16.5. The smallest absolute Gasteiger partial charge is 0.409 e. The van der Waals surface area contributed by atoms with Crippen molar-refractivity contribution in [3.63, 3.8) is 0 Å². The minimum absolute atomic E-state index is 0.135. The zero-order valence-electron chi connectivity index (χ0n) is 11.3. The lowest BCUT2D eigenvalue weighted by Gasteiger charge is -2.31. The third kappa shape index (κ3) is 2.54. The van der Waals surface area contributed by atoms with Crippen molar-refractivity contribution in [3.8, 4) is 0 Å². The van der Waals surface area contributed by atoms with E-state index in [0.717, 1.165) is 30.5 Å². The molecule has 6 nitrogen and oxygen atoms in total. The highest BCUT2D eigenvalue weighted by Gasteiger charge is 2.25. The van der Waals surface area contributed by atoms with Crippen LogP contribution in [-0.2, 0) is 4.74 Å². The van der Waals surface area contributed by atoms with Gasteiger partial charge in [-0.1, -0.05) is 12.1 Å². The zero-order chi connectivity index (χ0) is 13.9. The Bertz CT molecular complexity index is 577. The summed E-state index contributed by atoms with van der Waals surface area (Å²) in [5.41, 5.74) is 1.59. The first kappa shape index (κ1) is 12.8. The summed E-state index contributed by atoms with van der Waals surface area (Å²) in [7, 11) is 1.40. The number of carbonyl (C=O) groups excluding carboxylic acids is 1. The fourth-order valence-corrected chi connectivity index (χ4v) is 2.50. The monoisotopic (exact) mass is 275 g/mol. The highest BCUT2D eigenvalue weighted by molar-refractivity contribution is 5.74. The molecule has 1 fully saturated rings. The number of ether oxygens (including phenoxy) is 1. The fourth-order valence-electron chi connectivity index (χ4n) is 2.50. The first-order chi connectivity index (χ1) is 9.76. The fraction of sp³-hybridized carbons (Fsp3) is 0.429. The average molecular weight is 275 g/mol. The maximum absolute atomic E-state index is 11.5. The molecular weight excluding hydrogens is 258 g/mol. The molecule has 1 saturated heterocycles. The quantitative estimate of drug-likeness (QED) is 0.912. The van der Waals surface area contributed by atoms with E-state index in [9.17, 15) is 4.79 Å². The number of carbonyl (C=O) groups is 1. The number of fused-ring (bicyclic) bond motifs is 1. The lowest BCUT2D eigenvalue weighted by atomic mass is 10.1. The Labute approximate surface area is 116 Å². The minimum atomic E-state index is -0.283. The molecule has 1 aliphatic heterocycles. The van der Waals surface area contributed by atoms with Gasteiger partial charge in [-0.2, -0.15) is 4.98 Å². The summed E-state index contributed by atoms with van der Waals surface area (Å²) in [6.07, 6.45) is 1.63. The van der Waals surface area contributed by atoms with E-state index in [2.05, 4.69) is 10.3 Å². The second-order valence-corrected chi connectivity index (χ2v) is 4.89. The Morgan fingerprint density at radius 2 is 2.35 bits per heavy atom. The summed E-state index contributed by atoms with van der Waals surface area (Å²) in [6.45, 7) is 1.34. The normalized spacial score (nSPS) is 19.1. The molecule has 1 aromatic carbocycles. The van der Waals surface area contributed by atoms with Crippen molar-refractivity contribution in [1.82, 2.24) is 9.88 Å². The van der Waals surface area contributed by atoms with Gasteiger partial charge in [-0.15, -0.1) is 0 Å². The second-order valence-electron chi connectivity index (χ2n) is 4.89. The van der Waals surface area contributed by atoms with E-state index >= 15 is 0 Å². The maximum Gasteiger partial charge on any atom is 0.409 e. The Balaban J connectivity index is 1.69. The zero-order valence-corrected chi connectivity index (χ0v) is 11.3. The number of methoxy groups -OCH3 is 1. The first-order valence-electron chi connectivity index (χ1n) is 6.71. The number of piperidine rings is 1. The molecule has 1 aliphatic rings. The number of likely N-dealkylation sites (tertiary alicyclic amines) is 1. The standard InChI is InChI=1S/C14H17N3O3/c1-19-14(18)17-8-4-5-10(9-17)15-13-16-11-6-2-3-7-12(11)20-13/h2-3,6-7,10H,4-5,8-9H2,1H3,(H,15,16). The SMILES string of the molecule is COC(=O)N1CCCC(Nc2nc3ccccc3o2)C1. The number of nitrogens with zero attached hydrogens (tertiary/aromatic N) is 2. The Morgan fingerprint density at radius 3 is 3.15 bits per heavy atom. The van der Waals surface area contributed by atoms with Gasteiger partial charge in [-0.25, -0.2) is 4.79 Å². The van der Waals surface area contributed by atoms with Gasteiger partial charge in [0.2, 0.25) is 0 Å². The summed E-state index contributed by atoms with van der Waals surface area (Å²) < 4.78 is 10.4. The van der Waals surface area contributed by atoms with Crippen molar-refractivity contribution in [2.75, 3.05) is 25.5 Å². The van der Waals surface area contributed by atoms with Gasteiger partial charge in [-0.05, 0) is 25.0 Å². The van der Waals surface area contributed by atoms with E-state index < -0.39 is 0 Å². The maximum atomic E-state index is 11.5. The number of hydrogen-bond acceptors (Lipinski definition) is 5. The van der Waals surface area contributed by atoms with E-state index in [0.29, 0.717) is 12.6 Å². The number of nitrogens with one attached hydrogen (secondary N) is 1. The Morgan fingerprint density at radius 1 is 1.50 bits per heavy atom. The number of hydrogen-bond donors (Lipinski definition) is 1. The molecule has 1 aromatic heterocycles. The van der Waals surface area contributed by atoms with Gasteiger partial charge in [0.15, 0.2) is 5.58 Å². The summed E-state index contributed by atoms with van der Waals surface area (Å²) in [6, 6.07) is 8.27. The van der Waals surface area contributed by atoms with Crippen LogP contribution in [0.3, 0.4) is 0 Å². The lowest BCUT2D eigenvalue weighted by molar-refractivity contribution is 0.112. The number of rotatable bonds is 2. The van der Waals surface area contributed by atoms with Gasteiger partial charge in [0.1, 0.15) is 5.52 Å². The summed E-state index contributed by atoms with van der Waals surface area (Å²) in [4.78, 5) is 17.6. The molecule has 2 heterocycles. The summed E-state index contributed by atoms with van der Waals surface area (Å²) >= 11 is 0. The van der Waals surface area contributed by atoms with E-state index in [1.165, 1.54) is 7.11 Å². The third-order valence-corrected chi connectivity index (χ3v) is 3.48. The molecule has 1 atom stereocenters. The molecule has 1 unspecified atom stereocenters. The first-order valence-corrected chi connectivity index (χ1v) is 6.71. The molecule has 0 aliphatic carbocycles. The molecule has 0 bridgehead atoms. The van der Waals surface area contributed by atoms with Gasteiger partial charge in [0, 0.05) is 19.1 Å². The molecule has 106 valence electrons. The predicted octanol–water partition coefficient (Wildman–Crippen LogP) is 2.47. The number of anilines is 1. The minimum Gasteiger partial charge on any atom is -0.453 e. The van der Waals surface area contributed by atoms with Gasteiger partial charge < -0.3 is 19.4 Å². The van der Waals surface area contributed by atoms with Crippen LogP contribution in [0.1, 0.15) is 12.8 Å². The molecule has 6 heteroatoms. The van der Waals surface area contributed by atoms with Crippen molar-refractivity contribution >= 4 is 23.2 Å². The Hall–Kier alpha value is -2.24. The number of oxazole rings is 1. The molecular formula is C14H17N3O3. The van der Waals surface area contributed by atoms with Crippen LogP contribution in [0, 0.1) is 0 Å². The number of aromatic nitrogens is 1. The van der Waals surface area contributed by atoms with Crippen LogP contribution in [0.4, 0.5) is 10.8 Å². The van der Waals surface area contributed by atoms with Crippen molar-refractivity contribution < 1.29 is 13.9 Å². The van der Waals surface area contributed by atoms with Crippen molar-refractivity contribution in [3.05, 3.63) is 24.3 Å². The van der Waals surface area contributed by atoms with Crippen LogP contribution in [0.2, 0.25) is 0 Å². The lowest BCUT2D eigenvalue weighted by Crippen LogP contribution is -2.45. The molecule has 2 aromatic rings. The molecule has 3 rings (SSSR count). The van der Waals surface area contributed by atoms with Crippen LogP contribution in [-0.4, -0.2) is 42.2 Å². The van der Waals surface area contributed by atoms with Crippen molar-refractivity contribution in [2.24, 2.45) is 0 Å². The predicted molar refractivity (Wildman–Crippen MR) is 74.6 cm³/mol. The second kappa shape index (κ2) is 5.40. The molecule has 20 heavy (non-hydrogen) atoms. The van der Waals surface area contributed by atoms with E-state index in [-0.39, 0.29) is 12.1 Å². The van der Waals surface area contributed by atoms with E-state index in [4.69, 9.17) is 9.15 Å². The van der Waals surface area contributed by atoms with Gasteiger partial charge in [-0.3, -0.25) is 0 Å². The van der Waals surface area contributed by atoms with Crippen LogP contribution in [0.5, 0.6) is 0 Å². The highest BCUT2D eigenvalue weighted by Crippen LogP contribution is 2.21. The van der Waals surface area contributed by atoms with Crippen LogP contribution >= 0.6 is 0 Å². The third-order valence-electron chi connectivity index (χ3n) is 3.48. The van der Waals surface area contributed by atoms with Gasteiger partial charge >= 0.3 is 6.09 Å². The van der Waals surface area contributed by atoms with Crippen LogP contribution in [0.25, 0.3) is 11.1 Å². The molecule has 1 amide bonds. The van der Waals surface area contributed by atoms with Crippen molar-refractivity contribution in [2.45, 2.75) is 18.9 Å². The number of amides is 1. The average Bonchev–Trinajstić information content (AvgIpc) is 2.88. The summed E-state index contributed by atoms with van der Waals surface area (Å²) in [5.74, 6) is 0. The molecule has 0 saturated carbocycles. The number of benzene rings is 1. The van der Waals surface area contributed by atoms with Crippen LogP contribution in [0.15, 0.2) is 28.7 Å². The summed E-state index contributed by atoms with van der Waals surface area (Å²) in [5, 5.41) is 3.25. The van der Waals surface area contributed by atoms with Crippen molar-refractivity contribution in [1.29, 1.82) is 0 Å². The van der Waals surface area contributed by atoms with E-state index in [1.54, 1.807) is 4.90 Å². The number of para-hydroxylation sites is 2.